The Morgan fingerprint density at radius 2 is 1.68 bits per heavy atom. The molecule has 0 unspecified atom stereocenters. The van der Waals surface area contributed by atoms with Gasteiger partial charge >= 0.3 is 0 Å². The van der Waals surface area contributed by atoms with Crippen molar-refractivity contribution in [2.24, 2.45) is 0 Å². The smallest absolute Gasteiger partial charge is 0.243 e. The summed E-state index contributed by atoms with van der Waals surface area (Å²) in [6.45, 7) is 1.64. The maximum Gasteiger partial charge on any atom is 0.243 e. The zero-order valence-corrected chi connectivity index (χ0v) is 15.7. The fourth-order valence-electron chi connectivity index (χ4n) is 3.21. The van der Waals surface area contributed by atoms with Crippen molar-refractivity contribution >= 4 is 15.7 Å². The van der Waals surface area contributed by atoms with E-state index in [1.165, 1.54) is 41.0 Å². The van der Waals surface area contributed by atoms with Crippen molar-refractivity contribution in [3.8, 4) is 23.0 Å². The van der Waals surface area contributed by atoms with Gasteiger partial charge in [-0.05, 0) is 36.4 Å². The molecule has 8 nitrogen and oxygen atoms in total. The molecule has 1 aromatic heterocycles. The second kappa shape index (κ2) is 7.17. The Bertz CT molecular complexity index is 1060. The number of aromatic hydroxyl groups is 2. The third-order valence-electron chi connectivity index (χ3n) is 4.72. The van der Waals surface area contributed by atoms with Crippen LogP contribution in [0.3, 0.4) is 0 Å². The molecule has 146 valence electrons. The quantitative estimate of drug-likeness (QED) is 0.690. The number of anilines is 1. The lowest BCUT2D eigenvalue weighted by Gasteiger charge is -2.35. The second-order valence-electron chi connectivity index (χ2n) is 6.42. The van der Waals surface area contributed by atoms with Crippen molar-refractivity contribution < 1.29 is 23.0 Å². The molecule has 1 saturated heterocycles. The molecule has 28 heavy (non-hydrogen) atoms. The first-order valence-electron chi connectivity index (χ1n) is 8.72. The standard InChI is InChI=1S/C19H19N3O5S/c23-15-2-4-16(5-3-15)28(25,26)22-10-8-21(9-11-22)14-1-6-17(18(24)13-14)19-20-7-12-27-19/h1-7,12-13,23-24H,8-11H2. The Kier molecular flexibility index (Phi) is 4.70. The molecule has 0 aliphatic carbocycles. The number of hydrogen-bond acceptors (Lipinski definition) is 7. The van der Waals surface area contributed by atoms with Gasteiger partial charge in [0.25, 0.3) is 0 Å². The van der Waals surface area contributed by atoms with Gasteiger partial charge in [-0.1, -0.05) is 0 Å². The summed E-state index contributed by atoms with van der Waals surface area (Å²) in [6, 6.07) is 10.7. The maximum atomic E-state index is 12.7. The summed E-state index contributed by atoms with van der Waals surface area (Å²) >= 11 is 0. The number of benzene rings is 2. The van der Waals surface area contributed by atoms with Crippen molar-refractivity contribution in [3.63, 3.8) is 0 Å². The van der Waals surface area contributed by atoms with Gasteiger partial charge in [0.15, 0.2) is 0 Å². The minimum Gasteiger partial charge on any atom is -0.508 e. The van der Waals surface area contributed by atoms with Crippen LogP contribution in [0.5, 0.6) is 11.5 Å². The molecular weight excluding hydrogens is 382 g/mol. The van der Waals surface area contributed by atoms with E-state index in [4.69, 9.17) is 4.42 Å². The molecule has 0 bridgehead atoms. The average Bonchev–Trinajstić information content (AvgIpc) is 3.23. The fraction of sp³-hybridized carbons (Fsp3) is 0.211. The summed E-state index contributed by atoms with van der Waals surface area (Å²) in [5.74, 6) is 0.421. The molecule has 2 aromatic carbocycles. The van der Waals surface area contributed by atoms with Gasteiger partial charge in [-0.15, -0.1) is 0 Å². The summed E-state index contributed by atoms with van der Waals surface area (Å²) < 4.78 is 32.1. The van der Waals surface area contributed by atoms with Gasteiger partial charge in [0, 0.05) is 37.9 Å². The Labute approximate surface area is 162 Å². The van der Waals surface area contributed by atoms with E-state index in [1.54, 1.807) is 12.1 Å². The molecule has 2 heterocycles. The molecule has 1 aliphatic heterocycles. The number of sulfonamides is 1. The van der Waals surface area contributed by atoms with Crippen molar-refractivity contribution in [2.45, 2.75) is 4.90 Å². The van der Waals surface area contributed by atoms with Crippen LogP contribution in [0.15, 0.2) is 64.2 Å². The van der Waals surface area contributed by atoms with E-state index in [0.717, 1.165) is 5.69 Å². The molecule has 0 saturated carbocycles. The molecule has 4 rings (SSSR count). The molecule has 0 spiro atoms. The third-order valence-corrected chi connectivity index (χ3v) is 6.64. The second-order valence-corrected chi connectivity index (χ2v) is 8.36. The van der Waals surface area contributed by atoms with Gasteiger partial charge in [0.2, 0.25) is 15.9 Å². The molecule has 0 radical (unpaired) electrons. The van der Waals surface area contributed by atoms with E-state index in [2.05, 4.69) is 4.98 Å². The number of oxazole rings is 1. The topological polar surface area (TPSA) is 107 Å². The van der Waals surface area contributed by atoms with Gasteiger partial charge in [0.05, 0.1) is 16.7 Å². The summed E-state index contributed by atoms with van der Waals surface area (Å²) in [4.78, 5) is 6.21. The summed E-state index contributed by atoms with van der Waals surface area (Å²) in [6.07, 6.45) is 2.95. The Morgan fingerprint density at radius 3 is 2.29 bits per heavy atom. The molecule has 9 heteroatoms. The maximum absolute atomic E-state index is 12.7. The number of phenolic OH excluding ortho intramolecular Hbond substituents is 2. The Morgan fingerprint density at radius 1 is 0.964 bits per heavy atom. The monoisotopic (exact) mass is 401 g/mol. The van der Waals surface area contributed by atoms with Crippen molar-refractivity contribution in [3.05, 3.63) is 54.9 Å². The predicted octanol–water partition coefficient (Wildman–Crippen LogP) is 2.26. The normalized spacial score (nSPS) is 15.6. The largest absolute Gasteiger partial charge is 0.508 e. The first kappa shape index (κ1) is 18.3. The van der Waals surface area contributed by atoms with Crippen LogP contribution < -0.4 is 4.90 Å². The van der Waals surface area contributed by atoms with Gasteiger partial charge in [0.1, 0.15) is 17.8 Å². The zero-order chi connectivity index (χ0) is 19.7. The lowest BCUT2D eigenvalue weighted by molar-refractivity contribution is 0.384. The number of phenols is 2. The van der Waals surface area contributed by atoms with E-state index < -0.39 is 10.0 Å². The zero-order valence-electron chi connectivity index (χ0n) is 14.9. The van der Waals surface area contributed by atoms with E-state index >= 15 is 0 Å². The number of hydrogen-bond donors (Lipinski definition) is 2. The van der Waals surface area contributed by atoms with Crippen LogP contribution in [0.1, 0.15) is 0 Å². The number of nitrogens with zero attached hydrogens (tertiary/aromatic N) is 3. The summed E-state index contributed by atoms with van der Waals surface area (Å²) in [7, 11) is -3.60. The highest BCUT2D eigenvalue weighted by Gasteiger charge is 2.28. The van der Waals surface area contributed by atoms with Crippen LogP contribution in [0.25, 0.3) is 11.5 Å². The lowest BCUT2D eigenvalue weighted by atomic mass is 10.1. The van der Waals surface area contributed by atoms with E-state index in [0.29, 0.717) is 37.6 Å². The van der Waals surface area contributed by atoms with Gasteiger partial charge < -0.3 is 19.5 Å². The highest BCUT2D eigenvalue weighted by molar-refractivity contribution is 7.89. The minimum atomic E-state index is -3.60. The highest BCUT2D eigenvalue weighted by atomic mass is 32.2. The first-order chi connectivity index (χ1) is 13.4. The number of piperazine rings is 1. The van der Waals surface area contributed by atoms with Gasteiger partial charge in [-0.3, -0.25) is 0 Å². The molecule has 2 N–H and O–H groups in total. The molecule has 1 aliphatic rings. The van der Waals surface area contributed by atoms with Crippen LogP contribution >= 0.6 is 0 Å². The van der Waals surface area contributed by atoms with Crippen molar-refractivity contribution in [1.29, 1.82) is 0 Å². The SMILES string of the molecule is O=S(=O)(c1ccc(O)cc1)N1CCN(c2ccc(-c3ncco3)c(O)c2)CC1. The Hall–Kier alpha value is -3.04. The van der Waals surface area contributed by atoms with Crippen LogP contribution in [0, 0.1) is 0 Å². The lowest BCUT2D eigenvalue weighted by Crippen LogP contribution is -2.48. The summed E-state index contributed by atoms with van der Waals surface area (Å²) in [5, 5.41) is 19.6. The summed E-state index contributed by atoms with van der Waals surface area (Å²) in [5.41, 5.74) is 1.30. The van der Waals surface area contributed by atoms with E-state index in [1.807, 2.05) is 11.0 Å². The van der Waals surface area contributed by atoms with Crippen LogP contribution in [-0.4, -0.2) is 54.1 Å². The molecule has 1 fully saturated rings. The highest BCUT2D eigenvalue weighted by Crippen LogP contribution is 2.32. The Balaban J connectivity index is 1.47. The van der Waals surface area contributed by atoms with Crippen molar-refractivity contribution in [2.75, 3.05) is 31.1 Å². The fourth-order valence-corrected chi connectivity index (χ4v) is 4.63. The molecule has 0 atom stereocenters. The van der Waals surface area contributed by atoms with Crippen LogP contribution in [-0.2, 0) is 10.0 Å². The molecule has 3 aromatic rings. The van der Waals surface area contributed by atoms with Crippen LogP contribution in [0.2, 0.25) is 0 Å². The number of aromatic nitrogens is 1. The van der Waals surface area contributed by atoms with Gasteiger partial charge in [-0.2, -0.15) is 4.31 Å². The van der Waals surface area contributed by atoms with Crippen molar-refractivity contribution in [1.82, 2.24) is 9.29 Å². The molecule has 0 amide bonds. The molecular formula is C19H19N3O5S. The minimum absolute atomic E-state index is 0.0248. The predicted molar refractivity (Wildman–Crippen MR) is 103 cm³/mol. The van der Waals surface area contributed by atoms with Crippen LogP contribution in [0.4, 0.5) is 5.69 Å². The van der Waals surface area contributed by atoms with E-state index in [9.17, 15) is 18.6 Å². The van der Waals surface area contributed by atoms with Gasteiger partial charge in [-0.25, -0.2) is 13.4 Å². The average molecular weight is 401 g/mol. The van der Waals surface area contributed by atoms with E-state index in [-0.39, 0.29) is 16.4 Å². The third kappa shape index (κ3) is 3.41. The number of rotatable bonds is 4. The first-order valence-corrected chi connectivity index (χ1v) is 10.2.